The Bertz CT molecular complexity index is 1240. The summed E-state index contributed by atoms with van der Waals surface area (Å²) in [6, 6.07) is 9.90. The van der Waals surface area contributed by atoms with Crippen molar-refractivity contribution in [2.45, 2.75) is 39.4 Å². The molecule has 4 aromatic rings. The van der Waals surface area contributed by atoms with Crippen LogP contribution in [0.3, 0.4) is 0 Å². The van der Waals surface area contributed by atoms with E-state index in [2.05, 4.69) is 38.9 Å². The summed E-state index contributed by atoms with van der Waals surface area (Å²) in [6.45, 7) is 2.74. The molecule has 0 atom stereocenters. The Labute approximate surface area is 194 Å². The molecule has 32 heavy (non-hydrogen) atoms. The Balaban J connectivity index is 1.82. The smallest absolute Gasteiger partial charge is 0.303 e. The van der Waals surface area contributed by atoms with Gasteiger partial charge >= 0.3 is 5.97 Å². The van der Waals surface area contributed by atoms with Gasteiger partial charge in [-0.3, -0.25) is 14.8 Å². The predicted molar refractivity (Wildman–Crippen MR) is 124 cm³/mol. The van der Waals surface area contributed by atoms with Crippen LogP contribution in [0.25, 0.3) is 16.6 Å². The summed E-state index contributed by atoms with van der Waals surface area (Å²) in [5.41, 5.74) is 6.40. The van der Waals surface area contributed by atoms with Gasteiger partial charge in [0.15, 0.2) is 0 Å². The molecule has 8 heteroatoms. The number of aromatic nitrogens is 4. The van der Waals surface area contributed by atoms with Crippen molar-refractivity contribution in [1.29, 1.82) is 0 Å². The van der Waals surface area contributed by atoms with E-state index in [1.807, 2.05) is 28.8 Å². The molecule has 0 spiro atoms. The van der Waals surface area contributed by atoms with Crippen molar-refractivity contribution in [2.24, 2.45) is 0 Å². The van der Waals surface area contributed by atoms with Crippen molar-refractivity contribution >= 4 is 27.4 Å². The second-order valence-corrected chi connectivity index (χ2v) is 8.33. The minimum atomic E-state index is -0.852. The molecule has 1 N–H and O–H groups in total. The highest BCUT2D eigenvalue weighted by Gasteiger charge is 2.20. The lowest BCUT2D eigenvalue weighted by Crippen LogP contribution is -2.11. The molecule has 0 saturated heterocycles. The number of ether oxygens (including phenoxy) is 1. The third-order valence-electron chi connectivity index (χ3n) is 5.24. The van der Waals surface area contributed by atoms with Gasteiger partial charge in [-0.25, -0.2) is 4.52 Å². The van der Waals surface area contributed by atoms with Gasteiger partial charge in [0.1, 0.15) is 0 Å². The second kappa shape index (κ2) is 10.0. The molecular formula is C24H23BrN4O3. The van der Waals surface area contributed by atoms with Crippen molar-refractivity contribution in [3.05, 3.63) is 82.1 Å². The van der Waals surface area contributed by atoms with Crippen molar-refractivity contribution in [3.8, 4) is 11.1 Å². The van der Waals surface area contributed by atoms with Gasteiger partial charge in [-0.15, -0.1) is 0 Å². The lowest BCUT2D eigenvalue weighted by molar-refractivity contribution is -0.136. The summed E-state index contributed by atoms with van der Waals surface area (Å²) in [5, 5.41) is 14.2. The predicted octanol–water partition coefficient (Wildman–Crippen LogP) is 4.85. The van der Waals surface area contributed by atoms with Crippen LogP contribution in [0.4, 0.5) is 0 Å². The van der Waals surface area contributed by atoms with Gasteiger partial charge in [0.25, 0.3) is 0 Å². The standard InChI is InChI=1S/C24H23BrN4O3/c1-2-19-5-7-22-24(17-10-18(25)13-27-12-17)20(6-8-23(30)31)21(28-29(19)22)15-32-14-16-4-3-9-26-11-16/h3-5,7,9-13H,2,6,8,14-15H2,1H3,(H,30,31). The van der Waals surface area contributed by atoms with Crippen molar-refractivity contribution in [1.82, 2.24) is 19.6 Å². The maximum Gasteiger partial charge on any atom is 0.303 e. The molecule has 4 heterocycles. The zero-order chi connectivity index (χ0) is 22.5. The lowest BCUT2D eigenvalue weighted by Gasteiger charge is -2.17. The molecule has 4 aromatic heterocycles. The number of carbonyl (C=O) groups is 1. The Morgan fingerprint density at radius 1 is 1.16 bits per heavy atom. The van der Waals surface area contributed by atoms with Crippen molar-refractivity contribution < 1.29 is 14.6 Å². The number of halogens is 1. The summed E-state index contributed by atoms with van der Waals surface area (Å²) in [4.78, 5) is 19.9. The first-order valence-corrected chi connectivity index (χ1v) is 11.2. The number of hydrogen-bond acceptors (Lipinski definition) is 5. The molecule has 4 rings (SSSR count). The second-order valence-electron chi connectivity index (χ2n) is 7.42. The molecule has 0 bridgehead atoms. The molecule has 0 aliphatic rings. The summed E-state index contributed by atoms with van der Waals surface area (Å²) in [7, 11) is 0. The molecule has 0 amide bonds. The van der Waals surface area contributed by atoms with Crippen LogP contribution in [0.1, 0.15) is 35.9 Å². The van der Waals surface area contributed by atoms with Gasteiger partial charge in [-0.2, -0.15) is 5.10 Å². The fourth-order valence-corrected chi connectivity index (χ4v) is 4.13. The van der Waals surface area contributed by atoms with Crippen molar-refractivity contribution in [2.75, 3.05) is 0 Å². The molecule has 0 aliphatic carbocycles. The highest BCUT2D eigenvalue weighted by molar-refractivity contribution is 9.10. The molecule has 0 aromatic carbocycles. The molecule has 0 aliphatic heterocycles. The van der Waals surface area contributed by atoms with Crippen molar-refractivity contribution in [3.63, 3.8) is 0 Å². The Hall–Kier alpha value is -3.10. The van der Waals surface area contributed by atoms with Crippen LogP contribution < -0.4 is 0 Å². The summed E-state index contributed by atoms with van der Waals surface area (Å²) in [6.07, 6.45) is 8.18. The van der Waals surface area contributed by atoms with E-state index in [-0.39, 0.29) is 13.0 Å². The normalized spacial score (nSPS) is 11.2. The van der Waals surface area contributed by atoms with E-state index >= 15 is 0 Å². The Kier molecular flexibility index (Phi) is 6.92. The summed E-state index contributed by atoms with van der Waals surface area (Å²) >= 11 is 3.51. The van der Waals surface area contributed by atoms with Crippen LogP contribution in [0, 0.1) is 0 Å². The van der Waals surface area contributed by atoms with E-state index in [4.69, 9.17) is 9.84 Å². The maximum absolute atomic E-state index is 11.4. The number of aliphatic carboxylic acids is 1. The monoisotopic (exact) mass is 494 g/mol. The van der Waals surface area contributed by atoms with Crippen LogP contribution in [0.2, 0.25) is 0 Å². The van der Waals surface area contributed by atoms with Gasteiger partial charge in [-0.05, 0) is 64.2 Å². The van der Waals surface area contributed by atoms with E-state index in [1.54, 1.807) is 24.8 Å². The SMILES string of the molecule is CCc1ccc2c(-c3cncc(Br)c3)c(CCC(=O)O)c(COCc3cccnc3)nn12. The van der Waals surface area contributed by atoms with Crippen LogP contribution in [-0.2, 0) is 35.6 Å². The molecule has 7 nitrogen and oxygen atoms in total. The first-order valence-electron chi connectivity index (χ1n) is 10.4. The Morgan fingerprint density at radius 3 is 2.75 bits per heavy atom. The van der Waals surface area contributed by atoms with E-state index in [0.717, 1.165) is 50.1 Å². The van der Waals surface area contributed by atoms with Gasteiger partial charge in [-0.1, -0.05) is 13.0 Å². The van der Waals surface area contributed by atoms with E-state index in [1.165, 1.54) is 0 Å². The highest BCUT2D eigenvalue weighted by atomic mass is 79.9. The molecule has 0 unspecified atom stereocenters. The van der Waals surface area contributed by atoms with Crippen LogP contribution >= 0.6 is 15.9 Å². The summed E-state index contributed by atoms with van der Waals surface area (Å²) < 4.78 is 8.77. The molecule has 0 radical (unpaired) electrons. The van der Waals surface area contributed by atoms with Gasteiger partial charge in [0, 0.05) is 52.5 Å². The van der Waals surface area contributed by atoms with Gasteiger partial charge in [0.2, 0.25) is 0 Å². The average molecular weight is 495 g/mol. The minimum absolute atomic E-state index is 0.00321. The first kappa shape index (κ1) is 22.1. The zero-order valence-corrected chi connectivity index (χ0v) is 19.2. The van der Waals surface area contributed by atoms with Crippen LogP contribution in [0.5, 0.6) is 0 Å². The first-order chi connectivity index (χ1) is 15.6. The molecule has 0 saturated carbocycles. The fourth-order valence-electron chi connectivity index (χ4n) is 3.76. The molecule has 0 fully saturated rings. The van der Waals surface area contributed by atoms with E-state index in [0.29, 0.717) is 13.0 Å². The van der Waals surface area contributed by atoms with E-state index < -0.39 is 5.97 Å². The maximum atomic E-state index is 11.4. The minimum Gasteiger partial charge on any atom is -0.481 e. The number of aryl methyl sites for hydroxylation is 1. The zero-order valence-electron chi connectivity index (χ0n) is 17.7. The number of carboxylic acids is 1. The average Bonchev–Trinajstić information content (AvgIpc) is 3.20. The fraction of sp³-hybridized carbons (Fsp3) is 0.250. The largest absolute Gasteiger partial charge is 0.481 e. The number of pyridine rings is 2. The van der Waals surface area contributed by atoms with Crippen LogP contribution in [0.15, 0.2) is 59.6 Å². The number of rotatable bonds is 9. The number of fused-ring (bicyclic) bond motifs is 1. The number of hydrogen-bond donors (Lipinski definition) is 1. The third kappa shape index (κ3) is 4.87. The quantitative estimate of drug-likeness (QED) is 0.357. The highest BCUT2D eigenvalue weighted by Crippen LogP contribution is 2.33. The molecule has 164 valence electrons. The number of nitrogens with zero attached hydrogens (tertiary/aromatic N) is 4. The topological polar surface area (TPSA) is 89.6 Å². The lowest BCUT2D eigenvalue weighted by atomic mass is 9.96. The van der Waals surface area contributed by atoms with Gasteiger partial charge < -0.3 is 9.84 Å². The number of carboxylic acid groups (broad SMARTS) is 1. The third-order valence-corrected chi connectivity index (χ3v) is 5.67. The Morgan fingerprint density at radius 2 is 2.03 bits per heavy atom. The summed E-state index contributed by atoms with van der Waals surface area (Å²) in [5.74, 6) is -0.852. The van der Waals surface area contributed by atoms with Crippen LogP contribution in [-0.4, -0.2) is 30.7 Å². The van der Waals surface area contributed by atoms with Gasteiger partial charge in [0.05, 0.1) is 24.4 Å². The molecular weight excluding hydrogens is 472 g/mol. The van der Waals surface area contributed by atoms with E-state index in [9.17, 15) is 9.90 Å².